The van der Waals surface area contributed by atoms with E-state index in [1.54, 1.807) is 0 Å². The Morgan fingerprint density at radius 3 is 2.64 bits per heavy atom. The molecule has 1 fully saturated rings. The molecule has 1 aliphatic heterocycles. The number of thiocarbonyl (C=S) groups is 1. The van der Waals surface area contributed by atoms with Crippen molar-refractivity contribution >= 4 is 23.2 Å². The van der Waals surface area contributed by atoms with Gasteiger partial charge in [-0.1, -0.05) is 30.3 Å². The lowest BCUT2D eigenvalue weighted by molar-refractivity contribution is -0.134. The third-order valence-electron chi connectivity index (χ3n) is 1.95. The number of ether oxygens (including phenoxy) is 1. The van der Waals surface area contributed by atoms with E-state index in [0.717, 1.165) is 5.56 Å². The molecule has 1 atom stereocenters. The molecule has 1 amide bonds. The van der Waals surface area contributed by atoms with Gasteiger partial charge in [0.1, 0.15) is 0 Å². The zero-order chi connectivity index (χ0) is 9.97. The molecule has 14 heavy (non-hydrogen) atoms. The SMILES string of the molecule is O=C1CC(OC(=S)c2ccccc2)N1. The topological polar surface area (TPSA) is 38.3 Å². The summed E-state index contributed by atoms with van der Waals surface area (Å²) in [5.74, 6) is 0.00543. The van der Waals surface area contributed by atoms with E-state index in [1.807, 2.05) is 30.3 Å². The third kappa shape index (κ3) is 1.90. The number of hydrogen-bond acceptors (Lipinski definition) is 3. The summed E-state index contributed by atoms with van der Waals surface area (Å²) in [5.41, 5.74) is 0.864. The normalized spacial score (nSPS) is 19.4. The van der Waals surface area contributed by atoms with Gasteiger partial charge in [-0.25, -0.2) is 0 Å². The summed E-state index contributed by atoms with van der Waals surface area (Å²) in [6.45, 7) is 0. The van der Waals surface area contributed by atoms with Crippen molar-refractivity contribution < 1.29 is 9.53 Å². The molecule has 0 bridgehead atoms. The summed E-state index contributed by atoms with van der Waals surface area (Å²) in [4.78, 5) is 10.6. The van der Waals surface area contributed by atoms with E-state index in [9.17, 15) is 4.79 Å². The summed E-state index contributed by atoms with van der Waals surface area (Å²) in [6, 6.07) is 9.46. The van der Waals surface area contributed by atoms with Crippen molar-refractivity contribution in [1.82, 2.24) is 5.32 Å². The first kappa shape index (κ1) is 9.15. The fourth-order valence-electron chi connectivity index (χ4n) is 1.17. The van der Waals surface area contributed by atoms with Crippen LogP contribution in [0.5, 0.6) is 0 Å². The van der Waals surface area contributed by atoms with E-state index in [2.05, 4.69) is 5.32 Å². The van der Waals surface area contributed by atoms with Gasteiger partial charge in [-0.15, -0.1) is 0 Å². The second-order valence-electron chi connectivity index (χ2n) is 3.03. The van der Waals surface area contributed by atoms with Gasteiger partial charge in [0, 0.05) is 5.56 Å². The second kappa shape index (κ2) is 3.75. The molecular weight excluding hydrogens is 198 g/mol. The molecule has 0 spiro atoms. The minimum Gasteiger partial charge on any atom is -0.459 e. The maximum absolute atomic E-state index is 10.6. The Morgan fingerprint density at radius 2 is 2.07 bits per heavy atom. The van der Waals surface area contributed by atoms with Crippen molar-refractivity contribution in [2.24, 2.45) is 0 Å². The molecule has 4 heteroatoms. The van der Waals surface area contributed by atoms with Gasteiger partial charge in [0.05, 0.1) is 6.42 Å². The Balaban J connectivity index is 1.93. The Labute approximate surface area is 87.1 Å². The van der Waals surface area contributed by atoms with Crippen LogP contribution in [0.25, 0.3) is 0 Å². The Kier molecular flexibility index (Phi) is 2.45. The van der Waals surface area contributed by atoms with Gasteiger partial charge < -0.3 is 10.1 Å². The van der Waals surface area contributed by atoms with Gasteiger partial charge in [-0.3, -0.25) is 4.79 Å². The molecule has 0 radical (unpaired) electrons. The lowest BCUT2D eigenvalue weighted by atomic mass is 10.2. The second-order valence-corrected chi connectivity index (χ2v) is 3.40. The molecule has 72 valence electrons. The van der Waals surface area contributed by atoms with Crippen molar-refractivity contribution in [3.63, 3.8) is 0 Å². The highest BCUT2D eigenvalue weighted by molar-refractivity contribution is 7.80. The summed E-state index contributed by atoms with van der Waals surface area (Å²) < 4.78 is 5.34. The molecule has 1 heterocycles. The van der Waals surface area contributed by atoms with E-state index in [1.165, 1.54) is 0 Å². The Bertz CT molecular complexity index is 356. The van der Waals surface area contributed by atoms with E-state index in [4.69, 9.17) is 17.0 Å². The van der Waals surface area contributed by atoms with Crippen LogP contribution in [0.15, 0.2) is 30.3 Å². The minimum absolute atomic E-state index is 0.00543. The van der Waals surface area contributed by atoms with Crippen LogP contribution in [0.3, 0.4) is 0 Å². The molecule has 0 aromatic heterocycles. The number of carbonyl (C=O) groups is 1. The van der Waals surface area contributed by atoms with Crippen LogP contribution in [0, 0.1) is 0 Å². The summed E-state index contributed by atoms with van der Waals surface area (Å²) in [5, 5.41) is 3.02. The maximum atomic E-state index is 10.6. The fourth-order valence-corrected chi connectivity index (χ4v) is 1.42. The third-order valence-corrected chi connectivity index (χ3v) is 2.28. The largest absolute Gasteiger partial charge is 0.459 e. The van der Waals surface area contributed by atoms with Gasteiger partial charge in [0.15, 0.2) is 11.3 Å². The maximum Gasteiger partial charge on any atom is 0.228 e. The lowest BCUT2D eigenvalue weighted by Crippen LogP contribution is -2.50. The van der Waals surface area contributed by atoms with Crippen LogP contribution in [-0.2, 0) is 9.53 Å². The number of carbonyl (C=O) groups excluding carboxylic acids is 1. The van der Waals surface area contributed by atoms with Gasteiger partial charge >= 0.3 is 0 Å². The van der Waals surface area contributed by atoms with Gasteiger partial charge in [0.25, 0.3) is 0 Å². The predicted octanol–water partition coefficient (Wildman–Crippen LogP) is 1.22. The van der Waals surface area contributed by atoms with Gasteiger partial charge in [-0.05, 0) is 12.2 Å². The number of rotatable bonds is 2. The standard InChI is InChI=1S/C10H9NO2S/c12-8-6-9(11-8)13-10(14)7-4-2-1-3-5-7/h1-5,9H,6H2,(H,11,12). The van der Waals surface area contributed by atoms with Crippen molar-refractivity contribution in [2.45, 2.75) is 12.6 Å². The molecule has 0 saturated carbocycles. The first-order valence-electron chi connectivity index (χ1n) is 4.31. The van der Waals surface area contributed by atoms with Gasteiger partial charge in [0.2, 0.25) is 5.91 Å². The number of amides is 1. The smallest absolute Gasteiger partial charge is 0.228 e. The van der Waals surface area contributed by atoms with E-state index < -0.39 is 0 Å². The van der Waals surface area contributed by atoms with Crippen LogP contribution in [-0.4, -0.2) is 17.2 Å². The molecule has 0 aliphatic carbocycles. The van der Waals surface area contributed by atoms with E-state index in [0.29, 0.717) is 11.5 Å². The Hall–Kier alpha value is -1.42. The highest BCUT2D eigenvalue weighted by Gasteiger charge is 2.27. The monoisotopic (exact) mass is 207 g/mol. The number of benzene rings is 1. The van der Waals surface area contributed by atoms with Crippen molar-refractivity contribution in [3.8, 4) is 0 Å². The molecule has 2 rings (SSSR count). The molecule has 3 nitrogen and oxygen atoms in total. The highest BCUT2D eigenvalue weighted by Crippen LogP contribution is 2.10. The molecule has 1 unspecified atom stereocenters. The molecular formula is C10H9NO2S. The predicted molar refractivity (Wildman–Crippen MR) is 55.8 cm³/mol. The highest BCUT2D eigenvalue weighted by atomic mass is 32.1. The number of hydrogen-bond donors (Lipinski definition) is 1. The van der Waals surface area contributed by atoms with Crippen LogP contribution in [0.2, 0.25) is 0 Å². The summed E-state index contributed by atoms with van der Waals surface area (Å²) in [7, 11) is 0. The Morgan fingerprint density at radius 1 is 1.43 bits per heavy atom. The van der Waals surface area contributed by atoms with Crippen molar-refractivity contribution in [2.75, 3.05) is 0 Å². The molecule has 1 aromatic carbocycles. The average Bonchev–Trinajstić information content (AvgIpc) is 2.17. The van der Waals surface area contributed by atoms with Crippen LogP contribution < -0.4 is 5.32 Å². The first-order chi connectivity index (χ1) is 6.75. The average molecular weight is 207 g/mol. The fraction of sp³-hybridized carbons (Fsp3) is 0.200. The lowest BCUT2D eigenvalue weighted by Gasteiger charge is -2.27. The summed E-state index contributed by atoms with van der Waals surface area (Å²) in [6.07, 6.45) is 0.155. The van der Waals surface area contributed by atoms with Crippen molar-refractivity contribution in [1.29, 1.82) is 0 Å². The first-order valence-corrected chi connectivity index (χ1v) is 4.72. The van der Waals surface area contributed by atoms with Crippen LogP contribution >= 0.6 is 12.2 Å². The van der Waals surface area contributed by atoms with Crippen LogP contribution in [0.1, 0.15) is 12.0 Å². The zero-order valence-corrected chi connectivity index (χ0v) is 8.21. The quantitative estimate of drug-likeness (QED) is 0.585. The summed E-state index contributed by atoms with van der Waals surface area (Å²) >= 11 is 5.06. The molecule has 1 saturated heterocycles. The molecule has 1 N–H and O–H groups in total. The van der Waals surface area contributed by atoms with Crippen molar-refractivity contribution in [3.05, 3.63) is 35.9 Å². The zero-order valence-electron chi connectivity index (χ0n) is 7.40. The van der Waals surface area contributed by atoms with E-state index in [-0.39, 0.29) is 12.1 Å². The molecule has 1 aliphatic rings. The van der Waals surface area contributed by atoms with Gasteiger partial charge in [-0.2, -0.15) is 0 Å². The van der Waals surface area contributed by atoms with Crippen LogP contribution in [0.4, 0.5) is 0 Å². The van der Waals surface area contributed by atoms with E-state index >= 15 is 0 Å². The molecule has 1 aromatic rings. The number of β-lactam (4-membered cyclic amide) rings is 1. The number of nitrogens with one attached hydrogen (secondary N) is 1. The minimum atomic E-state index is -0.241.